The molecule has 1 fully saturated rings. The van der Waals surface area contributed by atoms with E-state index < -0.39 is 10.8 Å². The van der Waals surface area contributed by atoms with Crippen molar-refractivity contribution < 1.29 is 8.60 Å². The summed E-state index contributed by atoms with van der Waals surface area (Å²) in [6, 6.07) is 5.88. The summed E-state index contributed by atoms with van der Waals surface area (Å²) in [6.07, 6.45) is 1.98. The molecule has 5 unspecified atom stereocenters. The Hall–Kier alpha value is -0.740. The predicted molar refractivity (Wildman–Crippen MR) is 72.1 cm³/mol. The molecule has 0 spiro atoms. The van der Waals surface area contributed by atoms with Crippen LogP contribution in [0.4, 0.5) is 4.39 Å². The monoisotopic (exact) mass is 269 g/mol. The molecule has 0 bridgehead atoms. The zero-order valence-electron chi connectivity index (χ0n) is 10.8. The Balaban J connectivity index is 2.19. The van der Waals surface area contributed by atoms with Crippen molar-refractivity contribution in [1.29, 1.82) is 0 Å². The molecule has 18 heavy (non-hydrogen) atoms. The van der Waals surface area contributed by atoms with Gasteiger partial charge in [0.25, 0.3) is 0 Å². The van der Waals surface area contributed by atoms with Crippen LogP contribution in [0, 0.1) is 17.7 Å². The maximum atomic E-state index is 12.9. The van der Waals surface area contributed by atoms with Crippen molar-refractivity contribution in [3.05, 3.63) is 30.1 Å². The average molecular weight is 269 g/mol. The van der Waals surface area contributed by atoms with Crippen molar-refractivity contribution in [3.8, 4) is 0 Å². The van der Waals surface area contributed by atoms with E-state index in [1.54, 1.807) is 12.1 Å². The highest BCUT2D eigenvalue weighted by atomic mass is 32.2. The Morgan fingerprint density at radius 3 is 2.39 bits per heavy atom. The molecular formula is C14H20FNOS. The molecule has 1 aliphatic carbocycles. The molecule has 1 aliphatic rings. The van der Waals surface area contributed by atoms with Crippen molar-refractivity contribution >= 4 is 10.8 Å². The summed E-state index contributed by atoms with van der Waals surface area (Å²) in [4.78, 5) is 0.679. The summed E-state index contributed by atoms with van der Waals surface area (Å²) in [5.41, 5.74) is 6.16. The van der Waals surface area contributed by atoms with Gasteiger partial charge in [-0.05, 0) is 48.9 Å². The van der Waals surface area contributed by atoms with Gasteiger partial charge in [0.15, 0.2) is 0 Å². The lowest BCUT2D eigenvalue weighted by Crippen LogP contribution is -2.47. The lowest BCUT2D eigenvalue weighted by Gasteiger charge is -2.36. The fraction of sp³-hybridized carbons (Fsp3) is 0.571. The molecule has 0 heterocycles. The molecule has 2 rings (SSSR count). The van der Waals surface area contributed by atoms with Gasteiger partial charge in [0.1, 0.15) is 5.82 Å². The van der Waals surface area contributed by atoms with Crippen molar-refractivity contribution in [2.45, 2.75) is 42.9 Å². The van der Waals surface area contributed by atoms with Gasteiger partial charge in [0.2, 0.25) is 0 Å². The number of hydrogen-bond donors (Lipinski definition) is 1. The Kier molecular flexibility index (Phi) is 4.17. The molecule has 1 aromatic carbocycles. The Morgan fingerprint density at radius 1 is 1.22 bits per heavy atom. The van der Waals surface area contributed by atoms with Crippen LogP contribution in [0.1, 0.15) is 26.7 Å². The molecule has 5 atom stereocenters. The van der Waals surface area contributed by atoms with Gasteiger partial charge in [-0.1, -0.05) is 13.8 Å². The van der Waals surface area contributed by atoms with Crippen molar-refractivity contribution in [3.63, 3.8) is 0 Å². The first kappa shape index (κ1) is 13.7. The van der Waals surface area contributed by atoms with E-state index in [4.69, 9.17) is 5.73 Å². The van der Waals surface area contributed by atoms with Gasteiger partial charge >= 0.3 is 0 Å². The fourth-order valence-electron chi connectivity index (χ4n) is 2.98. The molecule has 2 nitrogen and oxygen atoms in total. The highest BCUT2D eigenvalue weighted by Gasteiger charge is 2.36. The van der Waals surface area contributed by atoms with Crippen LogP contribution in [-0.2, 0) is 10.8 Å². The van der Waals surface area contributed by atoms with Crippen LogP contribution in [0.25, 0.3) is 0 Å². The molecule has 0 saturated heterocycles. The zero-order valence-corrected chi connectivity index (χ0v) is 11.6. The quantitative estimate of drug-likeness (QED) is 0.897. The largest absolute Gasteiger partial charge is 0.327 e. The number of hydrogen-bond acceptors (Lipinski definition) is 2. The topological polar surface area (TPSA) is 43.1 Å². The highest BCUT2D eigenvalue weighted by molar-refractivity contribution is 7.85. The van der Waals surface area contributed by atoms with E-state index in [1.165, 1.54) is 12.1 Å². The van der Waals surface area contributed by atoms with Crippen LogP contribution in [0.2, 0.25) is 0 Å². The molecular weight excluding hydrogens is 249 g/mol. The second kappa shape index (κ2) is 5.49. The van der Waals surface area contributed by atoms with Crippen LogP contribution >= 0.6 is 0 Å². The van der Waals surface area contributed by atoms with Gasteiger partial charge in [0.05, 0.1) is 16.0 Å². The molecule has 1 saturated carbocycles. The minimum atomic E-state index is -1.14. The van der Waals surface area contributed by atoms with E-state index in [2.05, 4.69) is 13.8 Å². The lowest BCUT2D eigenvalue weighted by atomic mass is 9.80. The van der Waals surface area contributed by atoms with Gasteiger partial charge in [-0.15, -0.1) is 0 Å². The normalized spacial score (nSPS) is 34.2. The van der Waals surface area contributed by atoms with Crippen molar-refractivity contribution in [2.24, 2.45) is 17.6 Å². The van der Waals surface area contributed by atoms with Gasteiger partial charge in [-0.3, -0.25) is 4.21 Å². The van der Waals surface area contributed by atoms with E-state index >= 15 is 0 Å². The van der Waals surface area contributed by atoms with Crippen LogP contribution in [0.3, 0.4) is 0 Å². The summed E-state index contributed by atoms with van der Waals surface area (Å²) < 4.78 is 25.4. The van der Waals surface area contributed by atoms with Crippen LogP contribution < -0.4 is 5.73 Å². The summed E-state index contributed by atoms with van der Waals surface area (Å²) in [7, 11) is -1.14. The summed E-state index contributed by atoms with van der Waals surface area (Å²) in [5, 5.41) is -0.0216. The van der Waals surface area contributed by atoms with Crippen molar-refractivity contribution in [2.75, 3.05) is 0 Å². The number of nitrogens with two attached hydrogens (primary N) is 1. The Labute approximate surface area is 110 Å². The molecule has 0 radical (unpaired) electrons. The Bertz CT molecular complexity index is 422. The minimum absolute atomic E-state index is 0.0216. The standard InChI is InChI=1S/C14H20FNOS/c1-9-7-10(2)14(13(16)8-9)18(17)12-5-3-11(15)4-6-12/h3-6,9-10,13-14H,7-8,16H2,1-2H3. The molecule has 100 valence electrons. The van der Waals surface area contributed by atoms with Gasteiger partial charge < -0.3 is 5.73 Å². The highest BCUT2D eigenvalue weighted by Crippen LogP contribution is 2.33. The predicted octanol–water partition coefficient (Wildman–Crippen LogP) is 2.70. The molecule has 0 aliphatic heterocycles. The third kappa shape index (κ3) is 2.81. The van der Waals surface area contributed by atoms with E-state index in [0.29, 0.717) is 16.7 Å². The maximum Gasteiger partial charge on any atom is 0.123 e. The fourth-order valence-corrected chi connectivity index (χ4v) is 4.66. The molecule has 1 aromatic rings. The third-order valence-corrected chi connectivity index (χ3v) is 5.77. The number of rotatable bonds is 2. The van der Waals surface area contributed by atoms with Gasteiger partial charge in [-0.2, -0.15) is 0 Å². The summed E-state index contributed by atoms with van der Waals surface area (Å²) >= 11 is 0. The third-order valence-electron chi connectivity index (χ3n) is 3.72. The SMILES string of the molecule is CC1CC(C)C(S(=O)c2ccc(F)cc2)C(N)C1. The second-order valence-corrected chi connectivity index (χ2v) is 7.04. The van der Waals surface area contributed by atoms with Crippen LogP contribution in [0.15, 0.2) is 29.2 Å². The number of halogens is 1. The Morgan fingerprint density at radius 2 is 1.83 bits per heavy atom. The van der Waals surface area contributed by atoms with Crippen molar-refractivity contribution in [1.82, 2.24) is 0 Å². The first-order valence-electron chi connectivity index (χ1n) is 6.40. The van der Waals surface area contributed by atoms with Crippen LogP contribution in [0.5, 0.6) is 0 Å². The summed E-state index contributed by atoms with van der Waals surface area (Å²) in [6.45, 7) is 4.30. The minimum Gasteiger partial charge on any atom is -0.327 e. The van der Waals surface area contributed by atoms with E-state index in [-0.39, 0.29) is 17.1 Å². The second-order valence-electron chi connectivity index (χ2n) is 5.43. The first-order valence-corrected chi connectivity index (χ1v) is 7.62. The number of benzene rings is 1. The van der Waals surface area contributed by atoms with E-state index in [0.717, 1.165) is 12.8 Å². The summed E-state index contributed by atoms with van der Waals surface area (Å²) in [5.74, 6) is 0.636. The van der Waals surface area contributed by atoms with E-state index in [9.17, 15) is 8.60 Å². The molecule has 0 aromatic heterocycles. The average Bonchev–Trinajstić information content (AvgIpc) is 2.28. The van der Waals surface area contributed by atoms with Gasteiger partial charge in [-0.25, -0.2) is 4.39 Å². The molecule has 0 amide bonds. The molecule has 2 N–H and O–H groups in total. The maximum absolute atomic E-state index is 12.9. The first-order chi connectivity index (χ1) is 8.49. The smallest absolute Gasteiger partial charge is 0.123 e. The van der Waals surface area contributed by atoms with Crippen LogP contribution in [-0.4, -0.2) is 15.5 Å². The van der Waals surface area contributed by atoms with Gasteiger partial charge in [0, 0.05) is 10.9 Å². The molecule has 4 heteroatoms. The zero-order chi connectivity index (χ0) is 13.3. The van der Waals surface area contributed by atoms with E-state index in [1.807, 2.05) is 0 Å². The lowest BCUT2D eigenvalue weighted by molar-refractivity contribution is 0.275.